The summed E-state index contributed by atoms with van der Waals surface area (Å²) < 4.78 is 11.6. The topological polar surface area (TPSA) is 38.7 Å². The Kier molecular flexibility index (Phi) is 5.03. The molecule has 0 amide bonds. The van der Waals surface area contributed by atoms with E-state index in [0.29, 0.717) is 12.4 Å². The maximum atomic E-state index is 9.27. The van der Waals surface area contributed by atoms with Gasteiger partial charge >= 0.3 is 0 Å². The first-order chi connectivity index (χ1) is 8.39. The molecule has 0 aliphatic rings. The van der Waals surface area contributed by atoms with Crippen molar-refractivity contribution in [2.24, 2.45) is 0 Å². The molecule has 0 saturated carbocycles. The first-order valence-corrected chi connectivity index (χ1v) is 6.27. The van der Waals surface area contributed by atoms with E-state index in [1.807, 2.05) is 52.8 Å². The number of ether oxygens (including phenoxy) is 2. The third-order valence-electron chi connectivity index (χ3n) is 2.38. The highest BCUT2D eigenvalue weighted by atomic mass is 16.5. The molecule has 0 bridgehead atoms. The molecule has 1 aromatic carbocycles. The summed E-state index contributed by atoms with van der Waals surface area (Å²) in [6, 6.07) is 5.74. The summed E-state index contributed by atoms with van der Waals surface area (Å²) in [7, 11) is 0. The predicted octanol–water partition coefficient (Wildman–Crippen LogP) is 3.20. The van der Waals surface area contributed by atoms with Crippen molar-refractivity contribution in [3.8, 4) is 11.5 Å². The predicted molar refractivity (Wildman–Crippen MR) is 73.1 cm³/mol. The maximum Gasteiger partial charge on any atom is 0.165 e. The number of hydrogen-bond donors (Lipinski definition) is 1. The molecule has 3 nitrogen and oxygen atoms in total. The molecule has 0 fully saturated rings. The quantitative estimate of drug-likeness (QED) is 0.873. The molecular formula is C15H23O3. The van der Waals surface area contributed by atoms with Gasteiger partial charge in [-0.25, -0.2) is 0 Å². The molecule has 0 heterocycles. The van der Waals surface area contributed by atoms with Crippen LogP contribution in [0.5, 0.6) is 11.5 Å². The monoisotopic (exact) mass is 251 g/mol. The number of para-hydroxylation sites is 1. The Balaban J connectivity index is 3.16. The lowest BCUT2D eigenvalue weighted by atomic mass is 10.0. The van der Waals surface area contributed by atoms with E-state index in [2.05, 4.69) is 0 Å². The van der Waals surface area contributed by atoms with Gasteiger partial charge in [0.1, 0.15) is 5.60 Å². The Labute approximate surface area is 110 Å². The van der Waals surface area contributed by atoms with E-state index in [1.54, 1.807) is 0 Å². The van der Waals surface area contributed by atoms with E-state index in [-0.39, 0.29) is 12.2 Å². The second kappa shape index (κ2) is 6.10. The van der Waals surface area contributed by atoms with Gasteiger partial charge in [-0.2, -0.15) is 0 Å². The second-order valence-corrected chi connectivity index (χ2v) is 5.22. The third kappa shape index (κ3) is 3.91. The molecule has 18 heavy (non-hydrogen) atoms. The molecule has 1 rings (SSSR count). The first-order valence-electron chi connectivity index (χ1n) is 6.27. The zero-order chi connectivity index (χ0) is 13.8. The van der Waals surface area contributed by atoms with Gasteiger partial charge in [0.25, 0.3) is 0 Å². The molecule has 1 aromatic rings. The van der Waals surface area contributed by atoms with Crippen LogP contribution in [0.3, 0.4) is 0 Å². The minimum absolute atomic E-state index is 0.0129. The van der Waals surface area contributed by atoms with Crippen LogP contribution in [0.15, 0.2) is 18.2 Å². The van der Waals surface area contributed by atoms with Crippen molar-refractivity contribution in [2.45, 2.75) is 40.2 Å². The summed E-state index contributed by atoms with van der Waals surface area (Å²) in [5, 5.41) is 9.27. The van der Waals surface area contributed by atoms with Gasteiger partial charge in [0.2, 0.25) is 0 Å². The Bertz CT molecular complexity index is 380. The number of hydrogen-bond acceptors (Lipinski definition) is 3. The van der Waals surface area contributed by atoms with E-state index < -0.39 is 0 Å². The summed E-state index contributed by atoms with van der Waals surface area (Å²) in [5.41, 5.74) is 0.624. The van der Waals surface area contributed by atoms with E-state index in [0.717, 1.165) is 17.2 Å². The lowest BCUT2D eigenvalue weighted by Gasteiger charge is -2.25. The van der Waals surface area contributed by atoms with Crippen LogP contribution in [-0.4, -0.2) is 23.9 Å². The molecule has 1 N–H and O–H groups in total. The van der Waals surface area contributed by atoms with Crippen molar-refractivity contribution in [1.29, 1.82) is 0 Å². The number of rotatable bonds is 5. The summed E-state index contributed by atoms with van der Waals surface area (Å²) in [5.74, 6) is 2.30. The summed E-state index contributed by atoms with van der Waals surface area (Å²) in [6.45, 7) is 10.4. The molecule has 0 saturated heterocycles. The molecule has 0 spiro atoms. The molecule has 3 heteroatoms. The summed E-state index contributed by atoms with van der Waals surface area (Å²) >= 11 is 0. The van der Waals surface area contributed by atoms with Crippen molar-refractivity contribution < 1.29 is 14.6 Å². The standard InChI is InChI=1S/C15H23O3/c1-6-17-14-12(11(2)10-16)8-7-9-13(14)18-15(3,4)5/h7-9,16H,6,10H2,1-5H3. The van der Waals surface area contributed by atoms with E-state index >= 15 is 0 Å². The largest absolute Gasteiger partial charge is 0.490 e. The fraction of sp³-hybridized carbons (Fsp3) is 0.533. The van der Waals surface area contributed by atoms with Crippen LogP contribution in [0.4, 0.5) is 0 Å². The van der Waals surface area contributed by atoms with Crippen LogP contribution in [0.25, 0.3) is 0 Å². The van der Waals surface area contributed by atoms with Crippen molar-refractivity contribution in [3.05, 3.63) is 29.7 Å². The van der Waals surface area contributed by atoms with Gasteiger partial charge in [-0.1, -0.05) is 19.1 Å². The van der Waals surface area contributed by atoms with Gasteiger partial charge in [0, 0.05) is 11.5 Å². The second-order valence-electron chi connectivity index (χ2n) is 5.22. The summed E-state index contributed by atoms with van der Waals surface area (Å²) in [6.07, 6.45) is 0. The minimum atomic E-state index is -0.280. The number of aliphatic hydroxyl groups is 1. The zero-order valence-corrected chi connectivity index (χ0v) is 11.9. The highest BCUT2D eigenvalue weighted by molar-refractivity contribution is 5.52. The Hall–Kier alpha value is -1.22. The fourth-order valence-corrected chi connectivity index (χ4v) is 1.64. The molecule has 1 radical (unpaired) electrons. The molecule has 101 valence electrons. The maximum absolute atomic E-state index is 9.27. The van der Waals surface area contributed by atoms with Crippen LogP contribution >= 0.6 is 0 Å². The van der Waals surface area contributed by atoms with Crippen molar-refractivity contribution in [2.75, 3.05) is 13.2 Å². The van der Waals surface area contributed by atoms with Crippen LogP contribution in [0, 0.1) is 5.92 Å². The van der Waals surface area contributed by atoms with Crippen LogP contribution in [0.1, 0.15) is 40.2 Å². The van der Waals surface area contributed by atoms with Crippen molar-refractivity contribution in [1.82, 2.24) is 0 Å². The normalized spacial score (nSPS) is 11.7. The molecule has 0 aromatic heterocycles. The lowest BCUT2D eigenvalue weighted by molar-refractivity contribution is 0.123. The van der Waals surface area contributed by atoms with Gasteiger partial charge in [0.05, 0.1) is 13.2 Å². The van der Waals surface area contributed by atoms with Gasteiger partial charge in [-0.3, -0.25) is 0 Å². The van der Waals surface area contributed by atoms with Crippen molar-refractivity contribution >= 4 is 0 Å². The Morgan fingerprint density at radius 1 is 1.28 bits per heavy atom. The van der Waals surface area contributed by atoms with Crippen LogP contribution in [0.2, 0.25) is 0 Å². The highest BCUT2D eigenvalue weighted by Gasteiger charge is 2.20. The molecular weight excluding hydrogens is 228 g/mol. The molecule has 0 unspecified atom stereocenters. The Morgan fingerprint density at radius 2 is 1.94 bits per heavy atom. The Morgan fingerprint density at radius 3 is 2.44 bits per heavy atom. The van der Waals surface area contributed by atoms with Gasteiger partial charge in [-0.05, 0) is 33.8 Å². The summed E-state index contributed by atoms with van der Waals surface area (Å²) in [4.78, 5) is 0. The molecule has 0 aliphatic heterocycles. The SMILES string of the molecule is CCOc1c(OC(C)(C)C)cccc1[C](C)CO. The van der Waals surface area contributed by atoms with Crippen LogP contribution < -0.4 is 9.47 Å². The average Bonchev–Trinajstić information content (AvgIpc) is 2.28. The van der Waals surface area contributed by atoms with Gasteiger partial charge < -0.3 is 14.6 Å². The van der Waals surface area contributed by atoms with E-state index in [4.69, 9.17) is 9.47 Å². The van der Waals surface area contributed by atoms with Gasteiger partial charge in [0.15, 0.2) is 11.5 Å². The highest BCUT2D eigenvalue weighted by Crippen LogP contribution is 2.37. The van der Waals surface area contributed by atoms with Crippen LogP contribution in [-0.2, 0) is 0 Å². The third-order valence-corrected chi connectivity index (χ3v) is 2.38. The fourth-order valence-electron chi connectivity index (χ4n) is 1.64. The van der Waals surface area contributed by atoms with Gasteiger partial charge in [-0.15, -0.1) is 0 Å². The molecule has 0 atom stereocenters. The molecule has 0 aliphatic carbocycles. The van der Waals surface area contributed by atoms with E-state index in [1.165, 1.54) is 0 Å². The first kappa shape index (κ1) is 14.8. The van der Waals surface area contributed by atoms with E-state index in [9.17, 15) is 5.11 Å². The average molecular weight is 251 g/mol. The number of aliphatic hydroxyl groups excluding tert-OH is 1. The minimum Gasteiger partial charge on any atom is -0.490 e. The number of benzene rings is 1. The zero-order valence-electron chi connectivity index (χ0n) is 11.9. The smallest absolute Gasteiger partial charge is 0.165 e. The lowest BCUT2D eigenvalue weighted by Crippen LogP contribution is -2.23. The van der Waals surface area contributed by atoms with Crippen molar-refractivity contribution in [3.63, 3.8) is 0 Å².